The van der Waals surface area contributed by atoms with E-state index in [1.165, 1.54) is 55.6 Å². The lowest BCUT2D eigenvalue weighted by atomic mass is 9.70. The molecule has 4 nitrogen and oxygen atoms in total. The minimum absolute atomic E-state index is 0.366. The van der Waals surface area contributed by atoms with Crippen LogP contribution in [0.1, 0.15) is 22.3 Å². The summed E-state index contributed by atoms with van der Waals surface area (Å²) in [4.78, 5) is 18.7. The van der Waals surface area contributed by atoms with Crippen molar-refractivity contribution < 1.29 is 0 Å². The number of benzene rings is 9. The summed E-state index contributed by atoms with van der Waals surface area (Å²) in [6.45, 7) is 7.50. The first-order valence-electron chi connectivity index (χ1n) is 21.5. The van der Waals surface area contributed by atoms with Gasteiger partial charge >= 0.3 is 0 Å². The minimum atomic E-state index is -0.366. The average molecular weight is 831 g/mol. The molecule has 0 amide bonds. The van der Waals surface area contributed by atoms with Crippen molar-refractivity contribution >= 4 is 37.2 Å². The van der Waals surface area contributed by atoms with E-state index in [9.17, 15) is 0 Å². The molecule has 64 heavy (non-hydrogen) atoms. The Labute approximate surface area is 374 Å². The predicted molar refractivity (Wildman–Crippen MR) is 262 cm³/mol. The van der Waals surface area contributed by atoms with Gasteiger partial charge in [0.2, 0.25) is 0 Å². The average Bonchev–Trinajstić information content (AvgIpc) is 4.00. The summed E-state index contributed by atoms with van der Waals surface area (Å²) in [5, 5.41) is 2.23. The van der Waals surface area contributed by atoms with Crippen LogP contribution in [0.2, 0.25) is 0 Å². The molecule has 0 fully saturated rings. The standard InChI is InChI=1S/C59H34N4S/c1-60-42-31-33-53-48(35-42)46-32-30-41(34-54(46)64-53)58-62-56(39-12-3-2-4-13-39)61-57(63-58)40-28-24-37(25-29-40)36-22-26-38(27-23-36)43-17-11-21-52-55(43)47-16-7-10-20-51(47)59(52)49-18-8-5-14-44(49)45-15-6-9-19-50(45)59/h2-35H. The highest BCUT2D eigenvalue weighted by Gasteiger charge is 2.51. The highest BCUT2D eigenvalue weighted by Crippen LogP contribution is 2.64. The van der Waals surface area contributed by atoms with Gasteiger partial charge in [-0.05, 0) is 89.7 Å². The second-order valence-corrected chi connectivity index (χ2v) is 17.6. The fourth-order valence-corrected chi connectivity index (χ4v) is 11.5. The molecule has 0 unspecified atom stereocenters. The van der Waals surface area contributed by atoms with Crippen LogP contribution < -0.4 is 0 Å². The summed E-state index contributed by atoms with van der Waals surface area (Å²) in [6, 6.07) is 73.7. The molecule has 0 saturated heterocycles. The van der Waals surface area contributed by atoms with Gasteiger partial charge in [-0.1, -0.05) is 194 Å². The van der Waals surface area contributed by atoms with Crippen molar-refractivity contribution in [2.75, 3.05) is 0 Å². The number of aromatic nitrogens is 3. The van der Waals surface area contributed by atoms with E-state index in [4.69, 9.17) is 21.5 Å². The highest BCUT2D eigenvalue weighted by atomic mass is 32.1. The molecule has 2 aliphatic carbocycles. The monoisotopic (exact) mass is 830 g/mol. The van der Waals surface area contributed by atoms with Crippen LogP contribution >= 0.6 is 11.3 Å². The van der Waals surface area contributed by atoms with Gasteiger partial charge < -0.3 is 0 Å². The molecule has 0 atom stereocenters. The van der Waals surface area contributed by atoms with Crippen LogP contribution in [-0.2, 0) is 5.41 Å². The zero-order chi connectivity index (χ0) is 42.4. The van der Waals surface area contributed by atoms with Crippen molar-refractivity contribution in [3.05, 3.63) is 240 Å². The maximum atomic E-state index is 7.50. The van der Waals surface area contributed by atoms with E-state index in [1.54, 1.807) is 11.3 Å². The van der Waals surface area contributed by atoms with Gasteiger partial charge in [-0.15, -0.1) is 11.3 Å². The normalized spacial score (nSPS) is 12.8. The van der Waals surface area contributed by atoms with Gasteiger partial charge in [0.05, 0.1) is 12.0 Å². The minimum Gasteiger partial charge on any atom is -0.238 e. The second-order valence-electron chi connectivity index (χ2n) is 16.5. The van der Waals surface area contributed by atoms with Crippen molar-refractivity contribution in [3.8, 4) is 78.7 Å². The molecule has 0 saturated carbocycles. The molecule has 11 aromatic rings. The van der Waals surface area contributed by atoms with Crippen LogP contribution in [0.3, 0.4) is 0 Å². The smallest absolute Gasteiger partial charge is 0.187 e. The van der Waals surface area contributed by atoms with Gasteiger partial charge in [0.15, 0.2) is 23.2 Å². The quantitative estimate of drug-likeness (QED) is 0.162. The molecule has 0 radical (unpaired) electrons. The molecule has 13 rings (SSSR count). The lowest BCUT2D eigenvalue weighted by Gasteiger charge is -2.30. The largest absolute Gasteiger partial charge is 0.238 e. The van der Waals surface area contributed by atoms with Crippen LogP contribution in [0.4, 0.5) is 5.69 Å². The molecule has 1 spiro atoms. The van der Waals surface area contributed by atoms with Gasteiger partial charge in [0.25, 0.3) is 0 Å². The van der Waals surface area contributed by atoms with E-state index in [2.05, 4.69) is 163 Å². The molecule has 5 heteroatoms. The Hall–Kier alpha value is -8.30. The zero-order valence-corrected chi connectivity index (χ0v) is 35.1. The Morgan fingerprint density at radius 2 is 0.859 bits per heavy atom. The first kappa shape index (κ1) is 36.4. The number of hydrogen-bond acceptors (Lipinski definition) is 4. The molecule has 0 N–H and O–H groups in total. The van der Waals surface area contributed by atoms with Gasteiger partial charge in [0.1, 0.15) is 0 Å². The highest BCUT2D eigenvalue weighted by molar-refractivity contribution is 7.25. The molecule has 296 valence electrons. The van der Waals surface area contributed by atoms with Crippen molar-refractivity contribution in [1.29, 1.82) is 0 Å². The Morgan fingerprint density at radius 1 is 0.359 bits per heavy atom. The van der Waals surface area contributed by atoms with Crippen LogP contribution in [0.5, 0.6) is 0 Å². The molecule has 2 aromatic heterocycles. The summed E-state index contributed by atoms with van der Waals surface area (Å²) >= 11 is 1.72. The van der Waals surface area contributed by atoms with E-state index < -0.39 is 0 Å². The predicted octanol–water partition coefficient (Wildman–Crippen LogP) is 15.5. The fraction of sp³-hybridized carbons (Fsp3) is 0.0169. The van der Waals surface area contributed by atoms with Gasteiger partial charge in [0, 0.05) is 26.1 Å². The van der Waals surface area contributed by atoms with Crippen LogP contribution in [0.15, 0.2) is 206 Å². The second kappa shape index (κ2) is 14.1. The Kier molecular flexibility index (Phi) is 8.02. The van der Waals surface area contributed by atoms with Gasteiger partial charge in [-0.25, -0.2) is 19.8 Å². The third-order valence-corrected chi connectivity index (χ3v) is 14.3. The van der Waals surface area contributed by atoms with Gasteiger partial charge in [-0.3, -0.25) is 0 Å². The SMILES string of the molecule is [C-]#[N+]c1ccc2sc3cc(-c4nc(-c5ccccc5)nc(-c5ccc(-c6ccc(-c7cccc8c7-c7ccccc7C87c8ccccc8-c8ccccc87)cc6)cc5)n4)ccc3c2c1. The number of rotatable bonds is 5. The fourth-order valence-electron chi connectivity index (χ4n) is 10.4. The molecular weight excluding hydrogens is 797 g/mol. The third kappa shape index (κ3) is 5.37. The molecule has 2 aliphatic rings. The molecule has 0 aliphatic heterocycles. The van der Waals surface area contributed by atoms with Crippen molar-refractivity contribution in [1.82, 2.24) is 15.0 Å². The van der Waals surface area contributed by atoms with Crippen LogP contribution in [-0.4, -0.2) is 15.0 Å². The molecule has 2 heterocycles. The summed E-state index contributed by atoms with van der Waals surface area (Å²) in [5.41, 5.74) is 18.4. The first-order chi connectivity index (χ1) is 31.7. The lowest BCUT2D eigenvalue weighted by molar-refractivity contribution is 0.794. The number of hydrogen-bond donors (Lipinski definition) is 0. The van der Waals surface area contributed by atoms with E-state index in [0.29, 0.717) is 23.2 Å². The lowest BCUT2D eigenvalue weighted by Crippen LogP contribution is -2.25. The summed E-state index contributed by atoms with van der Waals surface area (Å²) in [5.74, 6) is 1.86. The number of nitrogens with zero attached hydrogens (tertiary/aromatic N) is 4. The molecule has 9 aromatic carbocycles. The maximum Gasteiger partial charge on any atom is 0.187 e. The van der Waals surface area contributed by atoms with Gasteiger partial charge in [-0.2, -0.15) is 0 Å². The van der Waals surface area contributed by atoms with Crippen molar-refractivity contribution in [3.63, 3.8) is 0 Å². The molecular formula is C59H34N4S. The van der Waals surface area contributed by atoms with Crippen molar-refractivity contribution in [2.45, 2.75) is 5.41 Å². The zero-order valence-electron chi connectivity index (χ0n) is 34.3. The van der Waals surface area contributed by atoms with E-state index >= 15 is 0 Å². The summed E-state index contributed by atoms with van der Waals surface area (Å²) in [7, 11) is 0. The third-order valence-electron chi connectivity index (χ3n) is 13.2. The number of fused-ring (bicyclic) bond motifs is 13. The topological polar surface area (TPSA) is 43.0 Å². The molecule has 0 bridgehead atoms. The Balaban J connectivity index is 0.859. The van der Waals surface area contributed by atoms with Crippen LogP contribution in [0, 0.1) is 6.57 Å². The Morgan fingerprint density at radius 3 is 1.52 bits per heavy atom. The summed E-state index contributed by atoms with van der Waals surface area (Å²) in [6.07, 6.45) is 0. The van der Waals surface area contributed by atoms with Crippen molar-refractivity contribution in [2.24, 2.45) is 0 Å². The van der Waals surface area contributed by atoms with E-state index in [-0.39, 0.29) is 5.41 Å². The Bertz CT molecular complexity index is 3680. The van der Waals surface area contributed by atoms with Crippen LogP contribution in [0.25, 0.3) is 104 Å². The van der Waals surface area contributed by atoms with E-state index in [0.717, 1.165) is 48.0 Å². The number of thiophene rings is 1. The summed E-state index contributed by atoms with van der Waals surface area (Å²) < 4.78 is 2.28. The first-order valence-corrected chi connectivity index (χ1v) is 22.3. The maximum absolute atomic E-state index is 7.50. The van der Waals surface area contributed by atoms with E-state index in [1.807, 2.05) is 48.5 Å².